The first-order chi connectivity index (χ1) is 9.35. The van der Waals surface area contributed by atoms with Crippen LogP contribution in [0.2, 0.25) is 10.0 Å². The molecule has 3 nitrogen and oxygen atoms in total. The first kappa shape index (κ1) is 17.0. The van der Waals surface area contributed by atoms with E-state index >= 15 is 0 Å². The first-order valence-corrected chi connectivity index (χ1v) is 7.14. The number of rotatable bonds is 6. The van der Waals surface area contributed by atoms with Gasteiger partial charge in [0.1, 0.15) is 0 Å². The molecule has 0 heterocycles. The second-order valence-electron chi connectivity index (χ2n) is 5.12. The molecular formula is C15H20Cl2N2O. The van der Waals surface area contributed by atoms with Crippen molar-refractivity contribution < 1.29 is 4.79 Å². The minimum Gasteiger partial charge on any atom is -0.309 e. The zero-order chi connectivity index (χ0) is 15.3. The van der Waals surface area contributed by atoms with Gasteiger partial charge in [0.05, 0.1) is 10.0 Å². The molecule has 0 aliphatic heterocycles. The molecule has 0 spiro atoms. The highest BCUT2D eigenvalue weighted by Gasteiger charge is 2.17. The van der Waals surface area contributed by atoms with Crippen LogP contribution in [0.3, 0.4) is 0 Å². The molecular weight excluding hydrogens is 295 g/mol. The smallest absolute Gasteiger partial charge is 0.250 e. The summed E-state index contributed by atoms with van der Waals surface area (Å²) >= 11 is 11.9. The summed E-state index contributed by atoms with van der Waals surface area (Å²) in [6, 6.07) is 5.19. The van der Waals surface area contributed by atoms with Crippen molar-refractivity contribution in [2.75, 3.05) is 32.1 Å². The maximum atomic E-state index is 12.0. The molecule has 1 amide bonds. The molecule has 110 valence electrons. The van der Waals surface area contributed by atoms with Crippen molar-refractivity contribution in [2.45, 2.75) is 6.92 Å². The highest BCUT2D eigenvalue weighted by atomic mass is 35.5. The summed E-state index contributed by atoms with van der Waals surface area (Å²) in [5.74, 6) is 0.178. The van der Waals surface area contributed by atoms with Crippen molar-refractivity contribution in [3.63, 3.8) is 0 Å². The zero-order valence-electron chi connectivity index (χ0n) is 12.1. The number of anilines is 1. The van der Waals surface area contributed by atoms with E-state index in [4.69, 9.17) is 23.2 Å². The number of carbonyl (C=O) groups excluding carboxylic acids is 1. The lowest BCUT2D eigenvalue weighted by Gasteiger charge is -2.26. The third kappa shape index (κ3) is 4.82. The van der Waals surface area contributed by atoms with Gasteiger partial charge in [-0.05, 0) is 44.3 Å². The Morgan fingerprint density at radius 1 is 1.30 bits per heavy atom. The number of hydrogen-bond donors (Lipinski definition) is 0. The molecule has 1 unspecified atom stereocenters. The van der Waals surface area contributed by atoms with E-state index in [9.17, 15) is 4.79 Å². The Balaban J connectivity index is 2.97. The van der Waals surface area contributed by atoms with Gasteiger partial charge in [0.2, 0.25) is 5.91 Å². The number of halogens is 2. The van der Waals surface area contributed by atoms with Crippen LogP contribution in [-0.4, -0.2) is 38.0 Å². The first-order valence-electron chi connectivity index (χ1n) is 6.38. The van der Waals surface area contributed by atoms with Crippen molar-refractivity contribution in [3.05, 3.63) is 40.9 Å². The van der Waals surface area contributed by atoms with E-state index in [1.54, 1.807) is 23.1 Å². The van der Waals surface area contributed by atoms with Crippen LogP contribution in [-0.2, 0) is 4.79 Å². The molecule has 0 N–H and O–H groups in total. The third-order valence-corrected chi connectivity index (χ3v) is 3.57. The van der Waals surface area contributed by atoms with Gasteiger partial charge in [-0.25, -0.2) is 0 Å². The van der Waals surface area contributed by atoms with Gasteiger partial charge in [0, 0.05) is 18.8 Å². The molecule has 1 atom stereocenters. The quantitative estimate of drug-likeness (QED) is 0.747. The van der Waals surface area contributed by atoms with Crippen LogP contribution in [0, 0.1) is 5.92 Å². The van der Waals surface area contributed by atoms with E-state index < -0.39 is 0 Å². The van der Waals surface area contributed by atoms with Crippen LogP contribution in [0.15, 0.2) is 30.9 Å². The number of nitrogens with zero attached hydrogens (tertiary/aromatic N) is 2. The van der Waals surface area contributed by atoms with E-state index in [0.717, 1.165) is 12.2 Å². The predicted molar refractivity (Wildman–Crippen MR) is 86.7 cm³/mol. The van der Waals surface area contributed by atoms with E-state index in [-0.39, 0.29) is 5.91 Å². The summed E-state index contributed by atoms with van der Waals surface area (Å²) in [4.78, 5) is 15.8. The fourth-order valence-electron chi connectivity index (χ4n) is 2.08. The van der Waals surface area contributed by atoms with Gasteiger partial charge in [-0.2, -0.15) is 0 Å². The summed E-state index contributed by atoms with van der Waals surface area (Å²) in [7, 11) is 4.02. The second-order valence-corrected chi connectivity index (χ2v) is 5.93. The standard InChI is InChI=1S/C15H20Cl2N2O/c1-5-15(20)19(10-11(2)9-18(3)4)12-6-7-13(16)14(17)8-12/h5-8,11H,1,9-10H2,2-4H3. The number of benzene rings is 1. The van der Waals surface area contributed by atoms with E-state index in [1.807, 2.05) is 14.1 Å². The molecule has 0 saturated carbocycles. The minimum atomic E-state index is -0.144. The van der Waals surface area contributed by atoms with E-state index in [1.165, 1.54) is 6.08 Å². The SMILES string of the molecule is C=CC(=O)N(CC(C)CN(C)C)c1ccc(Cl)c(Cl)c1. The Morgan fingerprint density at radius 3 is 2.45 bits per heavy atom. The number of amides is 1. The van der Waals surface area contributed by atoms with Crippen LogP contribution in [0.25, 0.3) is 0 Å². The van der Waals surface area contributed by atoms with E-state index in [2.05, 4.69) is 18.4 Å². The van der Waals surface area contributed by atoms with Crippen LogP contribution >= 0.6 is 23.2 Å². The third-order valence-electron chi connectivity index (χ3n) is 2.83. The van der Waals surface area contributed by atoms with Crippen molar-refractivity contribution in [3.8, 4) is 0 Å². The highest BCUT2D eigenvalue weighted by Crippen LogP contribution is 2.28. The molecule has 1 aromatic rings. The van der Waals surface area contributed by atoms with Crippen LogP contribution in [0.4, 0.5) is 5.69 Å². The zero-order valence-corrected chi connectivity index (χ0v) is 13.6. The maximum absolute atomic E-state index is 12.0. The van der Waals surface area contributed by atoms with Gasteiger partial charge >= 0.3 is 0 Å². The lowest BCUT2D eigenvalue weighted by molar-refractivity contribution is -0.114. The van der Waals surface area contributed by atoms with Gasteiger partial charge in [0.15, 0.2) is 0 Å². The molecule has 0 radical (unpaired) electrons. The molecule has 0 aliphatic rings. The van der Waals surface area contributed by atoms with Crippen LogP contribution in [0.5, 0.6) is 0 Å². The van der Waals surface area contributed by atoms with E-state index in [0.29, 0.717) is 22.5 Å². The van der Waals surface area contributed by atoms with Crippen molar-refractivity contribution in [1.82, 2.24) is 4.90 Å². The Morgan fingerprint density at radius 2 is 1.95 bits per heavy atom. The average Bonchev–Trinajstić information content (AvgIpc) is 2.37. The lowest BCUT2D eigenvalue weighted by atomic mass is 10.1. The largest absolute Gasteiger partial charge is 0.309 e. The molecule has 0 aromatic heterocycles. The monoisotopic (exact) mass is 314 g/mol. The fourth-order valence-corrected chi connectivity index (χ4v) is 2.37. The summed E-state index contributed by atoms with van der Waals surface area (Å²) in [6.07, 6.45) is 1.31. The summed E-state index contributed by atoms with van der Waals surface area (Å²) in [6.45, 7) is 7.14. The van der Waals surface area contributed by atoms with Crippen molar-refractivity contribution in [1.29, 1.82) is 0 Å². The topological polar surface area (TPSA) is 23.6 Å². The van der Waals surface area contributed by atoms with Gasteiger partial charge in [-0.3, -0.25) is 4.79 Å². The number of hydrogen-bond acceptors (Lipinski definition) is 2. The summed E-state index contributed by atoms with van der Waals surface area (Å²) < 4.78 is 0. The normalized spacial score (nSPS) is 12.3. The summed E-state index contributed by atoms with van der Waals surface area (Å²) in [5.41, 5.74) is 0.731. The Labute approximate surface area is 130 Å². The molecule has 0 aliphatic carbocycles. The van der Waals surface area contributed by atoms with Crippen LogP contribution in [0.1, 0.15) is 6.92 Å². The molecule has 0 bridgehead atoms. The second kappa shape index (κ2) is 7.67. The van der Waals surface area contributed by atoms with Gasteiger partial charge in [-0.1, -0.05) is 36.7 Å². The Kier molecular flexibility index (Phi) is 6.53. The molecule has 1 aromatic carbocycles. The van der Waals surface area contributed by atoms with Crippen LogP contribution < -0.4 is 4.90 Å². The molecule has 0 saturated heterocycles. The van der Waals surface area contributed by atoms with Gasteiger partial charge in [0.25, 0.3) is 0 Å². The molecule has 1 rings (SSSR count). The maximum Gasteiger partial charge on any atom is 0.250 e. The predicted octanol–water partition coefficient (Wildman–Crippen LogP) is 3.71. The van der Waals surface area contributed by atoms with Crippen molar-refractivity contribution in [2.24, 2.45) is 5.92 Å². The molecule has 20 heavy (non-hydrogen) atoms. The summed E-state index contributed by atoms with van der Waals surface area (Å²) in [5, 5.41) is 0.911. The number of carbonyl (C=O) groups is 1. The lowest BCUT2D eigenvalue weighted by Crippen LogP contribution is -2.36. The van der Waals surface area contributed by atoms with Gasteiger partial charge < -0.3 is 9.80 Å². The average molecular weight is 315 g/mol. The fraction of sp³-hybridized carbons (Fsp3) is 0.400. The Bertz CT molecular complexity index is 489. The Hall–Kier alpha value is -1.03. The van der Waals surface area contributed by atoms with Crippen molar-refractivity contribution >= 4 is 34.8 Å². The molecule has 0 fully saturated rings. The highest BCUT2D eigenvalue weighted by molar-refractivity contribution is 6.42. The molecule has 5 heteroatoms. The minimum absolute atomic E-state index is 0.144. The van der Waals surface area contributed by atoms with Gasteiger partial charge in [-0.15, -0.1) is 0 Å².